The first-order chi connectivity index (χ1) is 18.0. The number of aromatic nitrogens is 4. The highest BCUT2D eigenvalue weighted by molar-refractivity contribution is 6.06. The second-order valence-electron chi connectivity index (χ2n) is 9.45. The van der Waals surface area contributed by atoms with Crippen molar-refractivity contribution >= 4 is 22.7 Å². The molecule has 0 saturated carbocycles. The first kappa shape index (κ1) is 24.4. The molecular weight excluding hydrogens is 468 g/mol. The zero-order chi connectivity index (χ0) is 25.8. The molecule has 190 valence electrons. The van der Waals surface area contributed by atoms with Crippen LogP contribution >= 0.6 is 0 Å². The van der Waals surface area contributed by atoms with Crippen LogP contribution < -0.4 is 10.9 Å². The highest BCUT2D eigenvalue weighted by Crippen LogP contribution is 2.30. The van der Waals surface area contributed by atoms with E-state index in [4.69, 9.17) is 4.98 Å². The van der Waals surface area contributed by atoms with E-state index in [9.17, 15) is 14.4 Å². The van der Waals surface area contributed by atoms with Gasteiger partial charge in [0, 0.05) is 67.2 Å². The summed E-state index contributed by atoms with van der Waals surface area (Å²) in [5.41, 5.74) is 3.03. The molecule has 0 unspecified atom stereocenters. The van der Waals surface area contributed by atoms with Crippen LogP contribution in [-0.2, 0) is 6.54 Å². The zero-order valence-electron chi connectivity index (χ0n) is 20.8. The molecule has 1 aromatic carbocycles. The third-order valence-corrected chi connectivity index (χ3v) is 6.90. The van der Waals surface area contributed by atoms with Crippen molar-refractivity contribution in [2.75, 3.05) is 19.6 Å². The van der Waals surface area contributed by atoms with Gasteiger partial charge in [-0.15, -0.1) is 0 Å². The highest BCUT2D eigenvalue weighted by Gasteiger charge is 2.29. The summed E-state index contributed by atoms with van der Waals surface area (Å²) in [6.07, 6.45) is 7.60. The largest absolute Gasteiger partial charge is 0.352 e. The fourth-order valence-corrected chi connectivity index (χ4v) is 4.97. The Bertz CT molecular complexity index is 1470. The van der Waals surface area contributed by atoms with E-state index in [1.165, 1.54) is 6.07 Å². The van der Waals surface area contributed by atoms with Crippen molar-refractivity contribution in [3.05, 3.63) is 94.1 Å². The van der Waals surface area contributed by atoms with E-state index in [2.05, 4.69) is 15.3 Å². The molecule has 9 nitrogen and oxygen atoms in total. The van der Waals surface area contributed by atoms with Gasteiger partial charge in [0.25, 0.3) is 11.8 Å². The van der Waals surface area contributed by atoms with Gasteiger partial charge >= 0.3 is 0 Å². The van der Waals surface area contributed by atoms with Crippen LogP contribution in [0.3, 0.4) is 0 Å². The molecular formula is C28H30N6O3. The third kappa shape index (κ3) is 5.45. The number of H-pyrrole nitrogens is 1. The third-order valence-electron chi connectivity index (χ3n) is 6.90. The number of hydrogen-bond acceptors (Lipinski definition) is 5. The second kappa shape index (κ2) is 10.8. The Hall–Kier alpha value is -4.27. The van der Waals surface area contributed by atoms with Gasteiger partial charge in [0.15, 0.2) is 0 Å². The lowest BCUT2D eigenvalue weighted by atomic mass is 9.89. The van der Waals surface area contributed by atoms with Crippen molar-refractivity contribution in [2.45, 2.75) is 38.6 Å². The summed E-state index contributed by atoms with van der Waals surface area (Å²) in [7, 11) is 0. The monoisotopic (exact) mass is 498 g/mol. The number of rotatable bonds is 7. The number of pyridine rings is 2. The summed E-state index contributed by atoms with van der Waals surface area (Å²) in [6, 6.07) is 12.4. The van der Waals surface area contributed by atoms with Crippen LogP contribution in [0.4, 0.5) is 0 Å². The van der Waals surface area contributed by atoms with Gasteiger partial charge in [-0.3, -0.25) is 19.4 Å². The van der Waals surface area contributed by atoms with Gasteiger partial charge in [-0.25, -0.2) is 4.98 Å². The zero-order valence-corrected chi connectivity index (χ0v) is 20.8. The number of piperidine rings is 1. The van der Waals surface area contributed by atoms with E-state index < -0.39 is 0 Å². The lowest BCUT2D eigenvalue weighted by Gasteiger charge is -2.32. The SMILES string of the molecule is Cc1ccc(C(=O)NCCCn2ccnc2)c(C2CCN(C(=O)c3cc(=O)[nH]c4ccccc34)CC2)n1. The Kier molecular flexibility index (Phi) is 7.11. The predicted molar refractivity (Wildman–Crippen MR) is 141 cm³/mol. The van der Waals surface area contributed by atoms with Gasteiger partial charge in [0.05, 0.1) is 23.1 Å². The number of aryl methyl sites for hydroxylation is 2. The molecule has 37 heavy (non-hydrogen) atoms. The van der Waals surface area contributed by atoms with E-state index >= 15 is 0 Å². The minimum atomic E-state index is -0.290. The van der Waals surface area contributed by atoms with Crippen LogP contribution in [0.25, 0.3) is 10.9 Å². The van der Waals surface area contributed by atoms with Crippen LogP contribution in [0, 0.1) is 6.92 Å². The fourth-order valence-electron chi connectivity index (χ4n) is 4.97. The van der Waals surface area contributed by atoms with E-state index in [0.29, 0.717) is 49.1 Å². The molecule has 0 atom stereocenters. The number of likely N-dealkylation sites (tertiary alicyclic amines) is 1. The molecule has 9 heteroatoms. The number of benzene rings is 1. The summed E-state index contributed by atoms with van der Waals surface area (Å²) in [5, 5.41) is 3.76. The Morgan fingerprint density at radius 3 is 2.70 bits per heavy atom. The summed E-state index contributed by atoms with van der Waals surface area (Å²) < 4.78 is 1.98. The number of carbonyl (C=O) groups is 2. The average Bonchev–Trinajstić information content (AvgIpc) is 3.44. The Labute approximate surface area is 214 Å². The van der Waals surface area contributed by atoms with Gasteiger partial charge in [0.1, 0.15) is 0 Å². The summed E-state index contributed by atoms with van der Waals surface area (Å²) >= 11 is 0. The van der Waals surface area contributed by atoms with E-state index in [0.717, 1.165) is 29.7 Å². The molecule has 3 aromatic heterocycles. The molecule has 2 amide bonds. The first-order valence-corrected chi connectivity index (χ1v) is 12.6. The summed E-state index contributed by atoms with van der Waals surface area (Å²) in [5.74, 6) is -0.193. The molecule has 0 bridgehead atoms. The van der Waals surface area contributed by atoms with Crippen LogP contribution in [0.15, 0.2) is 66.0 Å². The Balaban J connectivity index is 1.25. The van der Waals surface area contributed by atoms with Crippen molar-refractivity contribution in [3.63, 3.8) is 0 Å². The molecule has 1 aliphatic heterocycles. The second-order valence-corrected chi connectivity index (χ2v) is 9.45. The van der Waals surface area contributed by atoms with Gasteiger partial charge in [-0.1, -0.05) is 18.2 Å². The predicted octanol–water partition coefficient (Wildman–Crippen LogP) is 3.27. The molecule has 4 heterocycles. The van der Waals surface area contributed by atoms with Crippen LogP contribution in [0.2, 0.25) is 0 Å². The van der Waals surface area contributed by atoms with Crippen molar-refractivity contribution in [1.82, 2.24) is 29.7 Å². The normalized spacial score (nSPS) is 14.1. The average molecular weight is 499 g/mol. The molecule has 0 spiro atoms. The lowest BCUT2D eigenvalue weighted by molar-refractivity contribution is 0.0712. The minimum absolute atomic E-state index is 0.0755. The molecule has 1 fully saturated rings. The maximum Gasteiger partial charge on any atom is 0.254 e. The van der Waals surface area contributed by atoms with Crippen LogP contribution in [0.1, 0.15) is 57.3 Å². The van der Waals surface area contributed by atoms with Gasteiger partial charge in [-0.05, 0) is 44.4 Å². The number of aromatic amines is 1. The van der Waals surface area contributed by atoms with Crippen LogP contribution in [-0.4, -0.2) is 55.9 Å². The number of imidazole rings is 1. The molecule has 5 rings (SSSR count). The maximum absolute atomic E-state index is 13.4. The van der Waals surface area contributed by atoms with Crippen molar-refractivity contribution < 1.29 is 9.59 Å². The molecule has 2 N–H and O–H groups in total. The van der Waals surface area contributed by atoms with Crippen molar-refractivity contribution in [1.29, 1.82) is 0 Å². The number of hydrogen-bond donors (Lipinski definition) is 2. The molecule has 1 saturated heterocycles. The van der Waals surface area contributed by atoms with E-state index in [-0.39, 0.29) is 23.3 Å². The quantitative estimate of drug-likeness (QED) is 0.380. The number of nitrogens with one attached hydrogen (secondary N) is 2. The maximum atomic E-state index is 13.4. The number of nitrogens with zero attached hydrogens (tertiary/aromatic N) is 4. The fraction of sp³-hybridized carbons (Fsp3) is 0.321. The standard InChI is InChI=1S/C28H30N6O3/c1-19-7-8-22(27(36)30-11-4-13-33-16-12-29-18-33)26(31-19)20-9-14-34(15-10-20)28(37)23-17-25(35)32-24-6-3-2-5-21(23)24/h2-3,5-8,12,16-18,20H,4,9-11,13-15H2,1H3,(H,30,36)(H,32,35). The summed E-state index contributed by atoms with van der Waals surface area (Å²) in [4.78, 5) is 51.9. The molecule has 1 aliphatic rings. The number of amides is 2. The number of fused-ring (bicyclic) bond motifs is 1. The van der Waals surface area contributed by atoms with Crippen LogP contribution in [0.5, 0.6) is 0 Å². The van der Waals surface area contributed by atoms with E-state index in [1.54, 1.807) is 23.5 Å². The van der Waals surface area contributed by atoms with E-state index in [1.807, 2.05) is 48.0 Å². The lowest BCUT2D eigenvalue weighted by Crippen LogP contribution is -2.39. The molecule has 4 aromatic rings. The Morgan fingerprint density at radius 1 is 1.11 bits per heavy atom. The number of carbonyl (C=O) groups excluding carboxylic acids is 2. The number of para-hydroxylation sites is 1. The smallest absolute Gasteiger partial charge is 0.254 e. The first-order valence-electron chi connectivity index (χ1n) is 12.6. The molecule has 0 aliphatic carbocycles. The van der Waals surface area contributed by atoms with Gasteiger partial charge in [-0.2, -0.15) is 0 Å². The van der Waals surface area contributed by atoms with Gasteiger partial charge in [0.2, 0.25) is 5.56 Å². The minimum Gasteiger partial charge on any atom is -0.352 e. The van der Waals surface area contributed by atoms with Crippen molar-refractivity contribution in [2.24, 2.45) is 0 Å². The van der Waals surface area contributed by atoms with Gasteiger partial charge < -0.3 is 19.8 Å². The Morgan fingerprint density at radius 2 is 1.92 bits per heavy atom. The summed E-state index contributed by atoms with van der Waals surface area (Å²) in [6.45, 7) is 4.33. The molecule has 0 radical (unpaired) electrons. The highest BCUT2D eigenvalue weighted by atomic mass is 16.2. The van der Waals surface area contributed by atoms with Crippen molar-refractivity contribution in [3.8, 4) is 0 Å². The topological polar surface area (TPSA) is 113 Å².